The third-order valence-corrected chi connectivity index (χ3v) is 6.90. The highest BCUT2D eigenvalue weighted by molar-refractivity contribution is 5.80. The number of rotatable bonds is 9. The fourth-order valence-corrected chi connectivity index (χ4v) is 4.63. The first-order valence-corrected chi connectivity index (χ1v) is 12.0. The van der Waals surface area contributed by atoms with Crippen LogP contribution in [0.1, 0.15) is 43.7 Å². The molecule has 1 saturated heterocycles. The predicted molar refractivity (Wildman–Crippen MR) is 130 cm³/mol. The van der Waals surface area contributed by atoms with Crippen LogP contribution in [0.2, 0.25) is 0 Å². The van der Waals surface area contributed by atoms with Crippen molar-refractivity contribution in [2.24, 2.45) is 11.3 Å². The molecule has 3 N–H and O–H groups in total. The second kappa shape index (κ2) is 10.5. The molecule has 0 radical (unpaired) electrons. The van der Waals surface area contributed by atoms with E-state index in [2.05, 4.69) is 34.9 Å². The van der Waals surface area contributed by atoms with Crippen molar-refractivity contribution in [3.05, 3.63) is 59.7 Å². The molecule has 1 fully saturated rings. The van der Waals surface area contributed by atoms with Gasteiger partial charge in [0.1, 0.15) is 6.61 Å². The molecule has 2 aromatic carbocycles. The Morgan fingerprint density at radius 2 is 1.66 bits per heavy atom. The number of nitrogens with one attached hydrogen (secondary N) is 2. The maximum absolute atomic E-state index is 12.4. The number of aliphatic carboxylic acids is 1. The quantitative estimate of drug-likeness (QED) is 0.506. The lowest BCUT2D eigenvalue weighted by Crippen LogP contribution is -2.36. The molecule has 8 heteroatoms. The van der Waals surface area contributed by atoms with Gasteiger partial charge in [-0.1, -0.05) is 48.5 Å². The van der Waals surface area contributed by atoms with Crippen LogP contribution in [-0.4, -0.2) is 55.5 Å². The smallest absolute Gasteiger partial charge is 0.407 e. The van der Waals surface area contributed by atoms with Gasteiger partial charge in [0.15, 0.2) is 0 Å². The highest BCUT2D eigenvalue weighted by atomic mass is 16.5. The number of alkyl carbamates (subject to hydrolysis) is 1. The molecule has 0 unspecified atom stereocenters. The fourth-order valence-electron chi connectivity index (χ4n) is 4.63. The van der Waals surface area contributed by atoms with Crippen LogP contribution in [0.5, 0.6) is 0 Å². The van der Waals surface area contributed by atoms with Crippen molar-refractivity contribution in [2.45, 2.75) is 38.7 Å². The minimum atomic E-state index is -0.894. The maximum atomic E-state index is 12.4. The summed E-state index contributed by atoms with van der Waals surface area (Å²) < 4.78 is 11.2. The summed E-state index contributed by atoms with van der Waals surface area (Å²) in [4.78, 5) is 35.9. The number of benzene rings is 2. The Hall–Kier alpha value is -3.39. The Morgan fingerprint density at radius 1 is 1.03 bits per heavy atom. The summed E-state index contributed by atoms with van der Waals surface area (Å²) in [6, 6.07) is 16.3. The van der Waals surface area contributed by atoms with Gasteiger partial charge in [-0.25, -0.2) is 4.79 Å². The highest BCUT2D eigenvalue weighted by Crippen LogP contribution is 2.44. The van der Waals surface area contributed by atoms with Gasteiger partial charge in [-0.3, -0.25) is 9.59 Å². The SMILES string of the molecule is CC(C)(CCNC(=O)[C@@H]1CO[C@H](CNC(=O)OCC2c3ccccc3-c3ccccc32)C1)C(=O)O. The van der Waals surface area contributed by atoms with Gasteiger partial charge in [-0.2, -0.15) is 0 Å². The average Bonchev–Trinajstić information content (AvgIpc) is 3.44. The Bertz CT molecular complexity index is 1050. The normalized spacial score (nSPS) is 19.0. The lowest BCUT2D eigenvalue weighted by atomic mass is 9.89. The average molecular weight is 481 g/mol. The lowest BCUT2D eigenvalue weighted by Gasteiger charge is -2.19. The van der Waals surface area contributed by atoms with Crippen molar-refractivity contribution in [3.8, 4) is 11.1 Å². The zero-order valence-electron chi connectivity index (χ0n) is 20.1. The minimum absolute atomic E-state index is 0.00457. The van der Waals surface area contributed by atoms with Gasteiger partial charge in [-0.05, 0) is 48.9 Å². The lowest BCUT2D eigenvalue weighted by molar-refractivity contribution is -0.147. The van der Waals surface area contributed by atoms with Crippen molar-refractivity contribution in [2.75, 3.05) is 26.3 Å². The van der Waals surface area contributed by atoms with Crippen molar-refractivity contribution >= 4 is 18.0 Å². The molecular formula is C27H32N2O6. The van der Waals surface area contributed by atoms with E-state index in [-0.39, 0.29) is 50.2 Å². The topological polar surface area (TPSA) is 114 Å². The number of amides is 2. The molecule has 2 atom stereocenters. The first-order chi connectivity index (χ1) is 16.8. The summed E-state index contributed by atoms with van der Waals surface area (Å²) >= 11 is 0. The van der Waals surface area contributed by atoms with Crippen LogP contribution in [0.4, 0.5) is 4.79 Å². The molecule has 2 aliphatic rings. The van der Waals surface area contributed by atoms with Crippen LogP contribution in [0.25, 0.3) is 11.1 Å². The third kappa shape index (κ3) is 5.65. The number of carbonyl (C=O) groups is 3. The van der Waals surface area contributed by atoms with E-state index in [0.717, 1.165) is 11.1 Å². The first-order valence-electron chi connectivity index (χ1n) is 12.0. The number of fused-ring (bicyclic) bond motifs is 3. The van der Waals surface area contributed by atoms with Gasteiger partial charge in [0.05, 0.1) is 24.0 Å². The van der Waals surface area contributed by atoms with Crippen LogP contribution in [-0.2, 0) is 19.1 Å². The molecule has 8 nitrogen and oxygen atoms in total. The highest BCUT2D eigenvalue weighted by Gasteiger charge is 2.33. The van der Waals surface area contributed by atoms with Crippen molar-refractivity contribution in [1.29, 1.82) is 0 Å². The van der Waals surface area contributed by atoms with Gasteiger partial charge >= 0.3 is 12.1 Å². The minimum Gasteiger partial charge on any atom is -0.481 e. The van der Waals surface area contributed by atoms with Gasteiger partial charge in [-0.15, -0.1) is 0 Å². The maximum Gasteiger partial charge on any atom is 0.407 e. The zero-order valence-corrected chi connectivity index (χ0v) is 20.1. The molecule has 4 rings (SSSR count). The van der Waals surface area contributed by atoms with Crippen molar-refractivity contribution < 1.29 is 29.0 Å². The number of carboxylic acids is 1. The van der Waals surface area contributed by atoms with Crippen LogP contribution in [0, 0.1) is 11.3 Å². The first kappa shape index (κ1) is 24.7. The fraction of sp³-hybridized carbons (Fsp3) is 0.444. The van der Waals surface area contributed by atoms with Crippen molar-refractivity contribution in [3.63, 3.8) is 0 Å². The molecule has 1 aliphatic heterocycles. The molecule has 2 aromatic rings. The molecule has 0 spiro atoms. The molecule has 0 aromatic heterocycles. The van der Waals surface area contributed by atoms with Gasteiger partial charge in [0, 0.05) is 19.0 Å². The summed E-state index contributed by atoms with van der Waals surface area (Å²) in [5.41, 5.74) is 3.76. The van der Waals surface area contributed by atoms with E-state index >= 15 is 0 Å². The second-order valence-corrected chi connectivity index (χ2v) is 9.82. The molecular weight excluding hydrogens is 448 g/mol. The Morgan fingerprint density at radius 3 is 2.29 bits per heavy atom. The molecule has 1 aliphatic carbocycles. The molecule has 0 bridgehead atoms. The van der Waals surface area contributed by atoms with Gasteiger partial charge in [0.2, 0.25) is 5.91 Å². The molecule has 1 heterocycles. The number of carbonyl (C=O) groups excluding carboxylic acids is 2. The Balaban J connectivity index is 1.20. The second-order valence-electron chi connectivity index (χ2n) is 9.82. The molecule has 35 heavy (non-hydrogen) atoms. The van der Waals surface area contributed by atoms with E-state index in [4.69, 9.17) is 14.6 Å². The van der Waals surface area contributed by atoms with Gasteiger partial charge in [0.25, 0.3) is 0 Å². The standard InChI is InChI=1S/C27H32N2O6/c1-27(2,25(31)32)11-12-28-24(30)17-13-18(34-15-17)14-29-26(33)35-16-23-21-9-5-3-7-19(21)20-8-4-6-10-22(20)23/h3-10,17-18,23H,11-16H2,1-2H3,(H,28,30)(H,29,33)(H,31,32)/t17-,18-/m0/s1. The predicted octanol–water partition coefficient (Wildman–Crippen LogP) is 3.55. The summed E-state index contributed by atoms with van der Waals surface area (Å²) in [6.45, 7) is 4.31. The third-order valence-electron chi connectivity index (χ3n) is 6.90. The summed E-state index contributed by atoms with van der Waals surface area (Å²) in [5, 5.41) is 14.7. The molecule has 2 amide bonds. The molecule has 186 valence electrons. The van der Waals surface area contributed by atoms with Gasteiger partial charge < -0.3 is 25.2 Å². The largest absolute Gasteiger partial charge is 0.481 e. The van der Waals surface area contributed by atoms with E-state index in [1.807, 2.05) is 24.3 Å². The van der Waals surface area contributed by atoms with Crippen LogP contribution in [0.3, 0.4) is 0 Å². The van der Waals surface area contributed by atoms with Crippen LogP contribution >= 0.6 is 0 Å². The summed E-state index contributed by atoms with van der Waals surface area (Å²) in [5.74, 6) is -1.38. The van der Waals surface area contributed by atoms with E-state index in [9.17, 15) is 14.4 Å². The van der Waals surface area contributed by atoms with E-state index in [1.165, 1.54) is 11.1 Å². The van der Waals surface area contributed by atoms with Crippen molar-refractivity contribution in [1.82, 2.24) is 10.6 Å². The summed E-state index contributed by atoms with van der Waals surface area (Å²) in [6.07, 6.45) is 0.0348. The number of hydrogen-bond acceptors (Lipinski definition) is 5. The number of ether oxygens (including phenoxy) is 2. The summed E-state index contributed by atoms with van der Waals surface area (Å²) in [7, 11) is 0. The monoisotopic (exact) mass is 480 g/mol. The van der Waals surface area contributed by atoms with Crippen LogP contribution in [0.15, 0.2) is 48.5 Å². The Labute approximate surface area is 205 Å². The number of hydrogen-bond donors (Lipinski definition) is 3. The Kier molecular flexibility index (Phi) is 7.40. The van der Waals surface area contributed by atoms with E-state index < -0.39 is 17.5 Å². The molecule has 0 saturated carbocycles. The van der Waals surface area contributed by atoms with Crippen LogP contribution < -0.4 is 10.6 Å². The zero-order chi connectivity index (χ0) is 25.0. The van der Waals surface area contributed by atoms with E-state index in [0.29, 0.717) is 12.8 Å². The van der Waals surface area contributed by atoms with E-state index in [1.54, 1.807) is 13.8 Å². The number of carboxylic acid groups (broad SMARTS) is 1.